The molecule has 0 aromatic heterocycles. The number of nitrogens with zero attached hydrogens (tertiary/aromatic N) is 1. The molecule has 35 heavy (non-hydrogen) atoms. The first-order chi connectivity index (χ1) is 16.7. The van der Waals surface area contributed by atoms with Gasteiger partial charge >= 0.3 is 0 Å². The van der Waals surface area contributed by atoms with Crippen molar-refractivity contribution in [3.8, 4) is 11.5 Å². The Bertz CT molecular complexity index is 1120. The normalized spacial score (nSPS) is 18.0. The Morgan fingerprint density at radius 2 is 1.80 bits per heavy atom. The second-order valence-electron chi connectivity index (χ2n) is 9.10. The third-order valence-corrected chi connectivity index (χ3v) is 6.25. The maximum Gasteiger partial charge on any atom is 0.251 e. The minimum Gasteiger partial charge on any atom is -0.464 e. The van der Waals surface area contributed by atoms with Gasteiger partial charge in [0.05, 0.1) is 0 Å². The van der Waals surface area contributed by atoms with Gasteiger partial charge in [0.25, 0.3) is 5.91 Å². The molecule has 0 radical (unpaired) electrons. The van der Waals surface area contributed by atoms with E-state index >= 15 is 0 Å². The number of likely N-dealkylation sites (tertiary alicyclic amines) is 1. The van der Waals surface area contributed by atoms with Crippen molar-refractivity contribution in [2.24, 2.45) is 0 Å². The van der Waals surface area contributed by atoms with Crippen LogP contribution in [0.15, 0.2) is 53.8 Å². The smallest absolute Gasteiger partial charge is 0.251 e. The predicted octanol–water partition coefficient (Wildman–Crippen LogP) is 4.68. The van der Waals surface area contributed by atoms with E-state index in [1.807, 2.05) is 20.8 Å². The van der Waals surface area contributed by atoms with Crippen LogP contribution in [0, 0.1) is 5.82 Å². The number of benzene rings is 2. The van der Waals surface area contributed by atoms with Gasteiger partial charge in [0.15, 0.2) is 12.0 Å². The molecule has 2 heterocycles. The molecule has 0 spiro atoms. The SMILES string of the molecule is CC(C)=C1Oc2cccc(OC(C)OC(C)N3CCC(NC(=O)c4ccc(F)cc4)CC3)c2C1=O. The van der Waals surface area contributed by atoms with Crippen molar-refractivity contribution in [2.75, 3.05) is 13.1 Å². The third kappa shape index (κ3) is 5.71. The van der Waals surface area contributed by atoms with E-state index < -0.39 is 6.29 Å². The molecule has 8 heteroatoms. The lowest BCUT2D eigenvalue weighted by molar-refractivity contribution is -0.157. The summed E-state index contributed by atoms with van der Waals surface area (Å²) in [6.45, 7) is 8.93. The number of piperidine rings is 1. The van der Waals surface area contributed by atoms with E-state index in [2.05, 4.69) is 10.2 Å². The molecule has 2 aliphatic rings. The number of amides is 1. The van der Waals surface area contributed by atoms with Crippen LogP contribution in [-0.2, 0) is 4.74 Å². The highest BCUT2D eigenvalue weighted by atomic mass is 19.1. The van der Waals surface area contributed by atoms with Crippen molar-refractivity contribution in [2.45, 2.75) is 59.1 Å². The van der Waals surface area contributed by atoms with Crippen LogP contribution in [-0.4, -0.2) is 48.2 Å². The monoisotopic (exact) mass is 482 g/mol. The van der Waals surface area contributed by atoms with Crippen molar-refractivity contribution < 1.29 is 28.2 Å². The van der Waals surface area contributed by atoms with Gasteiger partial charge in [-0.05, 0) is 82.5 Å². The van der Waals surface area contributed by atoms with Crippen LogP contribution in [0.4, 0.5) is 4.39 Å². The second-order valence-corrected chi connectivity index (χ2v) is 9.10. The maximum atomic E-state index is 13.1. The Labute approximate surface area is 204 Å². The van der Waals surface area contributed by atoms with Crippen molar-refractivity contribution in [1.29, 1.82) is 0 Å². The number of fused-ring (bicyclic) bond motifs is 1. The Morgan fingerprint density at radius 3 is 2.46 bits per heavy atom. The number of rotatable bonds is 7. The first-order valence-corrected chi connectivity index (χ1v) is 11.9. The molecule has 0 aliphatic carbocycles. The average molecular weight is 483 g/mol. The summed E-state index contributed by atoms with van der Waals surface area (Å²) in [7, 11) is 0. The summed E-state index contributed by atoms with van der Waals surface area (Å²) in [5.41, 5.74) is 1.68. The fourth-order valence-electron chi connectivity index (χ4n) is 4.36. The van der Waals surface area contributed by atoms with E-state index in [0.717, 1.165) is 31.5 Å². The number of Topliss-reactive ketones (excluding diaryl/α,β-unsaturated/α-hetero) is 1. The van der Waals surface area contributed by atoms with Gasteiger partial charge in [-0.25, -0.2) is 4.39 Å². The van der Waals surface area contributed by atoms with Gasteiger partial charge < -0.3 is 19.5 Å². The Kier molecular flexibility index (Phi) is 7.52. The first kappa shape index (κ1) is 24.9. The number of carbonyl (C=O) groups is 2. The van der Waals surface area contributed by atoms with Crippen LogP contribution in [0.5, 0.6) is 11.5 Å². The number of ketones is 1. The third-order valence-electron chi connectivity index (χ3n) is 6.25. The molecule has 0 saturated carbocycles. The van der Waals surface area contributed by atoms with Gasteiger partial charge in [0.2, 0.25) is 5.78 Å². The van der Waals surface area contributed by atoms with Gasteiger partial charge in [-0.1, -0.05) is 6.07 Å². The number of ether oxygens (including phenoxy) is 3. The minimum absolute atomic E-state index is 0.0480. The fourth-order valence-corrected chi connectivity index (χ4v) is 4.36. The quantitative estimate of drug-likeness (QED) is 0.456. The van der Waals surface area contributed by atoms with E-state index in [1.54, 1.807) is 25.1 Å². The largest absolute Gasteiger partial charge is 0.464 e. The van der Waals surface area contributed by atoms with Crippen LogP contribution >= 0.6 is 0 Å². The fraction of sp³-hybridized carbons (Fsp3) is 0.407. The van der Waals surface area contributed by atoms with Gasteiger partial charge in [0.1, 0.15) is 29.1 Å². The second kappa shape index (κ2) is 10.6. The van der Waals surface area contributed by atoms with E-state index in [-0.39, 0.29) is 29.8 Å². The molecular formula is C27H31FN2O5. The number of hydrogen-bond donors (Lipinski definition) is 1. The summed E-state index contributed by atoms with van der Waals surface area (Å²) in [5.74, 6) is 0.531. The molecule has 1 fully saturated rings. The zero-order chi connectivity index (χ0) is 25.1. The molecule has 186 valence electrons. The molecule has 7 nitrogen and oxygen atoms in total. The lowest BCUT2D eigenvalue weighted by Crippen LogP contribution is -2.48. The molecule has 2 aliphatic heterocycles. The van der Waals surface area contributed by atoms with Crippen molar-refractivity contribution >= 4 is 11.7 Å². The van der Waals surface area contributed by atoms with Crippen LogP contribution in [0.2, 0.25) is 0 Å². The van der Waals surface area contributed by atoms with Gasteiger partial charge in [-0.3, -0.25) is 14.5 Å². The molecule has 2 aromatic carbocycles. The summed E-state index contributed by atoms with van der Waals surface area (Å²) < 4.78 is 30.9. The topological polar surface area (TPSA) is 77.1 Å². The predicted molar refractivity (Wildman–Crippen MR) is 129 cm³/mol. The zero-order valence-corrected chi connectivity index (χ0v) is 20.5. The van der Waals surface area contributed by atoms with E-state index in [4.69, 9.17) is 14.2 Å². The molecule has 1 N–H and O–H groups in total. The van der Waals surface area contributed by atoms with Crippen LogP contribution in [0.1, 0.15) is 61.3 Å². The van der Waals surface area contributed by atoms with Crippen molar-refractivity contribution in [3.05, 3.63) is 70.7 Å². The lowest BCUT2D eigenvalue weighted by atomic mass is 10.0. The molecular weight excluding hydrogens is 451 g/mol. The summed E-state index contributed by atoms with van der Waals surface area (Å²) in [4.78, 5) is 27.3. The Morgan fingerprint density at radius 1 is 1.11 bits per heavy atom. The first-order valence-electron chi connectivity index (χ1n) is 11.9. The maximum absolute atomic E-state index is 13.1. The highest BCUT2D eigenvalue weighted by molar-refractivity contribution is 6.14. The molecule has 4 rings (SSSR count). The standard InChI is InChI=1S/C27H31FN2O5/c1-16(2)26-25(31)24-22(6-5-7-23(24)35-26)34-18(4)33-17(3)30-14-12-21(13-15-30)29-27(32)19-8-10-20(28)11-9-19/h5-11,17-18,21H,12-15H2,1-4H3,(H,29,32). The van der Waals surface area contributed by atoms with Gasteiger partial charge in [-0.15, -0.1) is 0 Å². The van der Waals surface area contributed by atoms with E-state index in [0.29, 0.717) is 28.4 Å². The number of nitrogens with one attached hydrogen (secondary N) is 1. The van der Waals surface area contributed by atoms with E-state index in [1.165, 1.54) is 24.3 Å². The van der Waals surface area contributed by atoms with Gasteiger partial charge in [0, 0.05) is 24.7 Å². The van der Waals surface area contributed by atoms with Crippen LogP contribution in [0.3, 0.4) is 0 Å². The number of halogens is 1. The highest BCUT2D eigenvalue weighted by Crippen LogP contribution is 2.38. The zero-order valence-electron chi connectivity index (χ0n) is 20.5. The molecule has 1 amide bonds. The number of hydrogen-bond acceptors (Lipinski definition) is 6. The van der Waals surface area contributed by atoms with Crippen molar-refractivity contribution in [1.82, 2.24) is 10.2 Å². The van der Waals surface area contributed by atoms with Gasteiger partial charge in [-0.2, -0.15) is 0 Å². The molecule has 2 unspecified atom stereocenters. The number of allylic oxidation sites excluding steroid dienone is 2. The molecule has 0 bridgehead atoms. The van der Waals surface area contributed by atoms with E-state index in [9.17, 15) is 14.0 Å². The van der Waals surface area contributed by atoms with Crippen LogP contribution in [0.25, 0.3) is 0 Å². The summed E-state index contributed by atoms with van der Waals surface area (Å²) in [6.07, 6.45) is 0.755. The summed E-state index contributed by atoms with van der Waals surface area (Å²) >= 11 is 0. The Hall–Kier alpha value is -3.23. The molecule has 1 saturated heterocycles. The minimum atomic E-state index is -0.587. The molecule has 2 aromatic rings. The lowest BCUT2D eigenvalue weighted by Gasteiger charge is -2.36. The summed E-state index contributed by atoms with van der Waals surface area (Å²) in [5, 5.41) is 3.03. The van der Waals surface area contributed by atoms with Crippen LogP contribution < -0.4 is 14.8 Å². The number of carbonyl (C=O) groups excluding carboxylic acids is 2. The summed E-state index contributed by atoms with van der Waals surface area (Å²) in [6, 6.07) is 10.9. The molecule has 2 atom stereocenters. The average Bonchev–Trinajstić information content (AvgIpc) is 3.17. The Balaban J connectivity index is 1.28. The van der Waals surface area contributed by atoms with Crippen molar-refractivity contribution in [3.63, 3.8) is 0 Å². The highest BCUT2D eigenvalue weighted by Gasteiger charge is 2.33.